The van der Waals surface area contributed by atoms with Crippen molar-refractivity contribution >= 4 is 43.8 Å². The Kier molecular flexibility index (Phi) is 5.94. The second-order valence-electron chi connectivity index (χ2n) is 5.97. The quantitative estimate of drug-likeness (QED) is 0.633. The molecule has 0 saturated carbocycles. The van der Waals surface area contributed by atoms with E-state index in [2.05, 4.69) is 10.3 Å². The van der Waals surface area contributed by atoms with Gasteiger partial charge >= 0.3 is 0 Å². The summed E-state index contributed by atoms with van der Waals surface area (Å²) in [4.78, 5) is 16.7. The molecule has 5 nitrogen and oxygen atoms in total. The fourth-order valence-electron chi connectivity index (χ4n) is 2.36. The summed E-state index contributed by atoms with van der Waals surface area (Å²) in [6.07, 6.45) is -0.133. The zero-order valence-electron chi connectivity index (χ0n) is 14.5. The molecule has 0 fully saturated rings. The van der Waals surface area contributed by atoms with Crippen molar-refractivity contribution in [2.75, 3.05) is 11.1 Å². The van der Waals surface area contributed by atoms with E-state index in [1.165, 1.54) is 11.3 Å². The molecule has 0 atom stereocenters. The van der Waals surface area contributed by atoms with Gasteiger partial charge in [-0.2, -0.15) is 0 Å². The van der Waals surface area contributed by atoms with Crippen LogP contribution >= 0.6 is 22.9 Å². The molecule has 1 amide bonds. The summed E-state index contributed by atoms with van der Waals surface area (Å²) in [5, 5.41) is 5.54. The Morgan fingerprint density at radius 2 is 1.78 bits per heavy atom. The zero-order valence-corrected chi connectivity index (χ0v) is 16.9. The van der Waals surface area contributed by atoms with Crippen LogP contribution in [-0.2, 0) is 14.6 Å². The van der Waals surface area contributed by atoms with Crippen LogP contribution in [0.1, 0.15) is 12.0 Å². The van der Waals surface area contributed by atoms with E-state index in [1.54, 1.807) is 36.4 Å². The number of sulfone groups is 1. The number of anilines is 1. The first kappa shape index (κ1) is 19.5. The summed E-state index contributed by atoms with van der Waals surface area (Å²) in [6.45, 7) is 1.89. The summed E-state index contributed by atoms with van der Waals surface area (Å²) in [5.41, 5.74) is 2.59. The number of rotatable bonds is 6. The van der Waals surface area contributed by atoms with Crippen molar-refractivity contribution in [1.29, 1.82) is 0 Å². The first-order valence-corrected chi connectivity index (χ1v) is 11.1. The molecule has 3 aromatic rings. The summed E-state index contributed by atoms with van der Waals surface area (Å²) >= 11 is 7.16. The lowest BCUT2D eigenvalue weighted by Gasteiger charge is -2.05. The van der Waals surface area contributed by atoms with Crippen molar-refractivity contribution < 1.29 is 13.2 Å². The molecule has 1 aromatic heterocycles. The number of carbonyl (C=O) groups excluding carboxylic acids is 1. The second-order valence-corrected chi connectivity index (χ2v) is 9.38. The van der Waals surface area contributed by atoms with E-state index in [-0.39, 0.29) is 23.0 Å². The van der Waals surface area contributed by atoms with Crippen LogP contribution in [-0.4, -0.2) is 25.1 Å². The Bertz CT molecular complexity index is 1040. The normalized spacial score (nSPS) is 11.3. The van der Waals surface area contributed by atoms with Gasteiger partial charge in [0, 0.05) is 22.4 Å². The Morgan fingerprint density at radius 1 is 1.11 bits per heavy atom. The van der Waals surface area contributed by atoms with Crippen LogP contribution in [0.3, 0.4) is 0 Å². The molecule has 0 saturated heterocycles. The molecule has 140 valence electrons. The minimum atomic E-state index is -3.50. The van der Waals surface area contributed by atoms with Crippen LogP contribution < -0.4 is 5.32 Å². The van der Waals surface area contributed by atoms with Crippen LogP contribution in [0.4, 0.5) is 5.13 Å². The number of nitrogens with zero attached hydrogens (tertiary/aromatic N) is 1. The largest absolute Gasteiger partial charge is 0.302 e. The lowest BCUT2D eigenvalue weighted by molar-refractivity contribution is -0.115. The van der Waals surface area contributed by atoms with E-state index in [1.807, 2.05) is 24.4 Å². The van der Waals surface area contributed by atoms with Gasteiger partial charge in [-0.25, -0.2) is 13.4 Å². The van der Waals surface area contributed by atoms with Crippen molar-refractivity contribution in [2.24, 2.45) is 0 Å². The van der Waals surface area contributed by atoms with Gasteiger partial charge < -0.3 is 5.32 Å². The maximum atomic E-state index is 12.3. The fourth-order valence-corrected chi connectivity index (χ4v) is 4.46. The van der Waals surface area contributed by atoms with Gasteiger partial charge in [-0.1, -0.05) is 41.4 Å². The van der Waals surface area contributed by atoms with Gasteiger partial charge in [-0.15, -0.1) is 11.3 Å². The maximum absolute atomic E-state index is 12.3. The number of carbonyl (C=O) groups is 1. The van der Waals surface area contributed by atoms with E-state index in [9.17, 15) is 13.2 Å². The monoisotopic (exact) mass is 420 g/mol. The highest BCUT2D eigenvalue weighted by atomic mass is 35.5. The average molecular weight is 421 g/mol. The zero-order chi connectivity index (χ0) is 19.4. The smallest absolute Gasteiger partial charge is 0.227 e. The molecule has 0 aliphatic heterocycles. The van der Waals surface area contributed by atoms with E-state index in [0.29, 0.717) is 10.2 Å². The fraction of sp³-hybridized carbons (Fsp3) is 0.158. The lowest BCUT2D eigenvalue weighted by Crippen LogP contribution is -2.17. The molecule has 1 N–H and O–H groups in total. The number of hydrogen-bond donors (Lipinski definition) is 1. The number of halogens is 1. The van der Waals surface area contributed by atoms with Crippen molar-refractivity contribution in [2.45, 2.75) is 18.2 Å². The summed E-state index contributed by atoms with van der Waals surface area (Å²) in [5.74, 6) is -0.639. The van der Waals surface area contributed by atoms with Gasteiger partial charge in [-0.05, 0) is 31.2 Å². The third-order valence-corrected chi connectivity index (χ3v) is 6.61. The molecule has 3 rings (SSSR count). The Labute approximate surface area is 167 Å². The summed E-state index contributed by atoms with van der Waals surface area (Å²) < 4.78 is 24.6. The molecular weight excluding hydrogens is 404 g/mol. The minimum Gasteiger partial charge on any atom is -0.302 e. The molecule has 27 heavy (non-hydrogen) atoms. The Balaban J connectivity index is 1.59. The van der Waals surface area contributed by atoms with Crippen LogP contribution in [0.2, 0.25) is 5.02 Å². The summed E-state index contributed by atoms with van der Waals surface area (Å²) in [7, 11) is -3.50. The highest BCUT2D eigenvalue weighted by Gasteiger charge is 2.17. The number of amides is 1. The molecule has 0 unspecified atom stereocenters. The standard InChI is InChI=1S/C19H17ClN2O3S2/c1-13-2-8-16(9-3-13)27(24,25)11-10-18(23)22-19-21-17(12-26-19)14-4-6-15(20)7-5-14/h2-9,12H,10-11H2,1H3,(H,21,22,23). The minimum absolute atomic E-state index is 0.133. The molecule has 0 bridgehead atoms. The van der Waals surface area contributed by atoms with Crippen LogP contribution in [0.25, 0.3) is 11.3 Å². The highest BCUT2D eigenvalue weighted by molar-refractivity contribution is 7.91. The highest BCUT2D eigenvalue weighted by Crippen LogP contribution is 2.26. The number of benzene rings is 2. The number of thiazole rings is 1. The lowest BCUT2D eigenvalue weighted by atomic mass is 10.2. The van der Waals surface area contributed by atoms with E-state index < -0.39 is 9.84 Å². The molecule has 0 aliphatic rings. The predicted octanol–water partition coefficient (Wildman–Crippen LogP) is 4.57. The third kappa shape index (κ3) is 5.15. The van der Waals surface area contributed by atoms with E-state index >= 15 is 0 Å². The SMILES string of the molecule is Cc1ccc(S(=O)(=O)CCC(=O)Nc2nc(-c3ccc(Cl)cc3)cs2)cc1. The third-order valence-electron chi connectivity index (χ3n) is 3.87. The number of nitrogens with one attached hydrogen (secondary N) is 1. The molecular formula is C19H17ClN2O3S2. The van der Waals surface area contributed by atoms with Gasteiger partial charge in [0.1, 0.15) is 0 Å². The van der Waals surface area contributed by atoms with Gasteiger partial charge in [-0.3, -0.25) is 4.79 Å². The van der Waals surface area contributed by atoms with Crippen molar-refractivity contribution in [1.82, 2.24) is 4.98 Å². The Morgan fingerprint density at radius 3 is 2.44 bits per heavy atom. The predicted molar refractivity (Wildman–Crippen MR) is 109 cm³/mol. The summed E-state index contributed by atoms with van der Waals surface area (Å²) in [6, 6.07) is 13.8. The van der Waals surface area contributed by atoms with E-state index in [4.69, 9.17) is 11.6 Å². The van der Waals surface area contributed by atoms with Gasteiger partial charge in [0.15, 0.2) is 15.0 Å². The van der Waals surface area contributed by atoms with Crippen molar-refractivity contribution in [3.05, 3.63) is 64.5 Å². The molecule has 0 spiro atoms. The molecule has 2 aromatic carbocycles. The van der Waals surface area contributed by atoms with Crippen LogP contribution in [0.5, 0.6) is 0 Å². The molecule has 0 aliphatic carbocycles. The second kappa shape index (κ2) is 8.21. The van der Waals surface area contributed by atoms with Crippen LogP contribution in [0.15, 0.2) is 58.8 Å². The number of aryl methyl sites for hydroxylation is 1. The van der Waals surface area contributed by atoms with Crippen molar-refractivity contribution in [3.8, 4) is 11.3 Å². The number of hydrogen-bond acceptors (Lipinski definition) is 5. The van der Waals surface area contributed by atoms with Gasteiger partial charge in [0.25, 0.3) is 0 Å². The van der Waals surface area contributed by atoms with Gasteiger partial charge in [0.2, 0.25) is 5.91 Å². The van der Waals surface area contributed by atoms with Crippen molar-refractivity contribution in [3.63, 3.8) is 0 Å². The number of aromatic nitrogens is 1. The average Bonchev–Trinajstić information content (AvgIpc) is 3.09. The topological polar surface area (TPSA) is 76.1 Å². The molecule has 0 radical (unpaired) electrons. The van der Waals surface area contributed by atoms with E-state index in [0.717, 1.165) is 16.8 Å². The first-order chi connectivity index (χ1) is 12.8. The van der Waals surface area contributed by atoms with Crippen LogP contribution in [0, 0.1) is 6.92 Å². The molecule has 8 heteroatoms. The Hall–Kier alpha value is -2.22. The molecule has 1 heterocycles. The van der Waals surface area contributed by atoms with Gasteiger partial charge in [0.05, 0.1) is 16.3 Å². The first-order valence-electron chi connectivity index (χ1n) is 8.14. The maximum Gasteiger partial charge on any atom is 0.227 e.